The van der Waals surface area contributed by atoms with Crippen LogP contribution in [0.2, 0.25) is 0 Å². The second-order valence-electron chi connectivity index (χ2n) is 8.06. The molecule has 0 aliphatic carbocycles. The smallest absolute Gasteiger partial charge is 0.220 e. The van der Waals surface area contributed by atoms with Gasteiger partial charge in [-0.15, -0.1) is 10.2 Å². The highest BCUT2D eigenvalue weighted by Gasteiger charge is 2.21. The number of fused-ring (bicyclic) bond motifs is 2. The van der Waals surface area contributed by atoms with Crippen LogP contribution in [0.3, 0.4) is 0 Å². The van der Waals surface area contributed by atoms with Crippen molar-refractivity contribution in [2.75, 3.05) is 13.2 Å². The summed E-state index contributed by atoms with van der Waals surface area (Å²) >= 11 is 0. The molecule has 0 bridgehead atoms. The molecule has 7 nitrogen and oxygen atoms in total. The van der Waals surface area contributed by atoms with Crippen molar-refractivity contribution in [3.8, 4) is 0 Å². The number of rotatable bonds is 8. The molecule has 0 spiro atoms. The molecule has 4 aromatic rings. The van der Waals surface area contributed by atoms with Crippen LogP contribution in [-0.4, -0.2) is 34.2 Å². The zero-order valence-corrected chi connectivity index (χ0v) is 17.8. The van der Waals surface area contributed by atoms with Crippen LogP contribution >= 0.6 is 0 Å². The number of aromatic nitrogens is 3. The van der Waals surface area contributed by atoms with E-state index in [0.717, 1.165) is 23.9 Å². The number of carbonyl (C=O) groups excluding carboxylic acids is 1. The standard InChI is InChI=1S/C25H26N4O3/c30-23(27-16-22-20-7-2-1-5-17(20)13-14-31-22)10-12-25-29-28-24(32-25)11-9-18-15-26-21-8-4-3-6-19(18)21/h1-8,15,22,26H,9-14,16H2,(H,27,30). The average molecular weight is 431 g/mol. The lowest BCUT2D eigenvalue weighted by molar-refractivity contribution is -0.121. The average Bonchev–Trinajstić information content (AvgIpc) is 3.47. The summed E-state index contributed by atoms with van der Waals surface area (Å²) in [6, 6.07) is 16.5. The molecule has 1 aliphatic heterocycles. The van der Waals surface area contributed by atoms with Crippen molar-refractivity contribution in [2.24, 2.45) is 0 Å². The SMILES string of the molecule is O=C(CCc1nnc(CCc2c[nH]c3ccccc23)o1)NCC1OCCc2ccccc21. The van der Waals surface area contributed by atoms with Crippen LogP contribution in [0, 0.1) is 0 Å². The van der Waals surface area contributed by atoms with E-state index in [1.54, 1.807) is 0 Å². The van der Waals surface area contributed by atoms with E-state index in [1.165, 1.54) is 16.5 Å². The van der Waals surface area contributed by atoms with E-state index in [2.05, 4.69) is 44.8 Å². The second kappa shape index (κ2) is 9.36. The van der Waals surface area contributed by atoms with Gasteiger partial charge in [-0.25, -0.2) is 0 Å². The van der Waals surface area contributed by atoms with Gasteiger partial charge < -0.3 is 19.5 Å². The maximum absolute atomic E-state index is 12.3. The first kappa shape index (κ1) is 20.5. The zero-order chi connectivity index (χ0) is 21.8. The van der Waals surface area contributed by atoms with Gasteiger partial charge in [0.2, 0.25) is 17.7 Å². The van der Waals surface area contributed by atoms with Crippen LogP contribution in [-0.2, 0) is 35.2 Å². The van der Waals surface area contributed by atoms with Crippen molar-refractivity contribution in [3.63, 3.8) is 0 Å². The Hall–Kier alpha value is -3.45. The summed E-state index contributed by atoms with van der Waals surface area (Å²) in [6.45, 7) is 1.15. The number of aromatic amines is 1. The minimum Gasteiger partial charge on any atom is -0.425 e. The molecule has 164 valence electrons. The molecule has 2 aromatic heterocycles. The summed E-state index contributed by atoms with van der Waals surface area (Å²) in [5.74, 6) is 1.04. The maximum Gasteiger partial charge on any atom is 0.220 e. The lowest BCUT2D eigenvalue weighted by Gasteiger charge is -2.26. The fourth-order valence-corrected chi connectivity index (χ4v) is 4.23. The van der Waals surface area contributed by atoms with E-state index >= 15 is 0 Å². The number of hydrogen-bond donors (Lipinski definition) is 2. The first-order valence-electron chi connectivity index (χ1n) is 11.1. The molecule has 1 unspecified atom stereocenters. The van der Waals surface area contributed by atoms with Crippen LogP contribution in [0.4, 0.5) is 0 Å². The molecular weight excluding hydrogens is 404 g/mol. The molecule has 0 fully saturated rings. The lowest BCUT2D eigenvalue weighted by Crippen LogP contribution is -2.32. The number of H-pyrrole nitrogens is 1. The third-order valence-electron chi connectivity index (χ3n) is 5.93. The zero-order valence-electron chi connectivity index (χ0n) is 17.8. The van der Waals surface area contributed by atoms with E-state index in [9.17, 15) is 4.79 Å². The molecule has 2 aromatic carbocycles. The summed E-state index contributed by atoms with van der Waals surface area (Å²) in [5, 5.41) is 12.4. The Morgan fingerprint density at radius 1 is 1.03 bits per heavy atom. The van der Waals surface area contributed by atoms with E-state index in [0.29, 0.717) is 44.2 Å². The van der Waals surface area contributed by atoms with E-state index in [1.807, 2.05) is 30.5 Å². The molecule has 0 saturated carbocycles. The highest BCUT2D eigenvalue weighted by atomic mass is 16.5. The quantitative estimate of drug-likeness (QED) is 0.445. The monoisotopic (exact) mass is 430 g/mol. The van der Waals surface area contributed by atoms with Gasteiger partial charge in [0, 0.05) is 42.9 Å². The second-order valence-corrected chi connectivity index (χ2v) is 8.06. The Balaban J connectivity index is 1.09. The van der Waals surface area contributed by atoms with Gasteiger partial charge in [-0.05, 0) is 35.6 Å². The maximum atomic E-state index is 12.3. The van der Waals surface area contributed by atoms with Gasteiger partial charge in [0.1, 0.15) is 6.10 Å². The summed E-state index contributed by atoms with van der Waals surface area (Å²) in [4.78, 5) is 15.6. The number of carbonyl (C=O) groups is 1. The summed E-state index contributed by atoms with van der Waals surface area (Å²) < 4.78 is 11.6. The van der Waals surface area contributed by atoms with Gasteiger partial charge in [-0.3, -0.25) is 4.79 Å². The number of amides is 1. The highest BCUT2D eigenvalue weighted by molar-refractivity contribution is 5.83. The number of hydrogen-bond acceptors (Lipinski definition) is 5. The fraction of sp³-hybridized carbons (Fsp3) is 0.320. The normalized spacial score (nSPS) is 15.6. The Kier molecular flexibility index (Phi) is 5.98. The molecule has 1 aliphatic rings. The van der Waals surface area contributed by atoms with Crippen LogP contribution in [0.1, 0.15) is 41.0 Å². The van der Waals surface area contributed by atoms with Gasteiger partial charge in [-0.1, -0.05) is 42.5 Å². The van der Waals surface area contributed by atoms with Crippen molar-refractivity contribution in [1.82, 2.24) is 20.5 Å². The third-order valence-corrected chi connectivity index (χ3v) is 5.93. The molecule has 7 heteroatoms. The fourth-order valence-electron chi connectivity index (χ4n) is 4.23. The van der Waals surface area contributed by atoms with Gasteiger partial charge in [0.05, 0.1) is 6.61 Å². The Bertz CT molecular complexity index is 1210. The molecule has 32 heavy (non-hydrogen) atoms. The summed E-state index contributed by atoms with van der Waals surface area (Å²) in [7, 11) is 0. The number of benzene rings is 2. The van der Waals surface area contributed by atoms with Crippen LogP contribution in [0.5, 0.6) is 0 Å². The highest BCUT2D eigenvalue weighted by Crippen LogP contribution is 2.26. The summed E-state index contributed by atoms with van der Waals surface area (Å²) in [5.41, 5.74) is 4.81. The van der Waals surface area contributed by atoms with Gasteiger partial charge in [-0.2, -0.15) is 0 Å². The van der Waals surface area contributed by atoms with Gasteiger partial charge >= 0.3 is 0 Å². The largest absolute Gasteiger partial charge is 0.425 e. The lowest BCUT2D eigenvalue weighted by atomic mass is 9.97. The van der Waals surface area contributed by atoms with Crippen molar-refractivity contribution >= 4 is 16.8 Å². The minimum absolute atomic E-state index is 0.0461. The molecule has 3 heterocycles. The molecule has 0 radical (unpaired) electrons. The molecule has 1 amide bonds. The van der Waals surface area contributed by atoms with Crippen LogP contribution in [0.15, 0.2) is 59.1 Å². The van der Waals surface area contributed by atoms with Crippen molar-refractivity contribution < 1.29 is 13.9 Å². The molecule has 1 atom stereocenters. The van der Waals surface area contributed by atoms with Gasteiger partial charge in [0.25, 0.3) is 0 Å². The minimum atomic E-state index is -0.0941. The van der Waals surface area contributed by atoms with Gasteiger partial charge in [0.15, 0.2) is 0 Å². The Morgan fingerprint density at radius 3 is 2.78 bits per heavy atom. The number of para-hydroxylation sites is 1. The van der Waals surface area contributed by atoms with Crippen molar-refractivity contribution in [1.29, 1.82) is 0 Å². The van der Waals surface area contributed by atoms with E-state index in [4.69, 9.17) is 9.15 Å². The van der Waals surface area contributed by atoms with Crippen LogP contribution in [0.25, 0.3) is 10.9 Å². The topological polar surface area (TPSA) is 93.0 Å². The number of nitrogens with one attached hydrogen (secondary N) is 2. The number of aryl methyl sites for hydroxylation is 3. The molecular formula is C25H26N4O3. The summed E-state index contributed by atoms with van der Waals surface area (Å²) in [6.07, 6.45) is 5.06. The first-order valence-corrected chi connectivity index (χ1v) is 11.1. The molecule has 0 saturated heterocycles. The predicted molar refractivity (Wildman–Crippen MR) is 120 cm³/mol. The number of nitrogens with zero attached hydrogens (tertiary/aromatic N) is 2. The molecule has 5 rings (SSSR count). The van der Waals surface area contributed by atoms with E-state index in [-0.39, 0.29) is 12.0 Å². The molecule has 2 N–H and O–H groups in total. The van der Waals surface area contributed by atoms with Crippen molar-refractivity contribution in [2.45, 2.75) is 38.2 Å². The third kappa shape index (κ3) is 4.57. The predicted octanol–water partition coefficient (Wildman–Crippen LogP) is 3.70. The van der Waals surface area contributed by atoms with Crippen molar-refractivity contribution in [3.05, 3.63) is 83.2 Å². The Morgan fingerprint density at radius 2 is 1.84 bits per heavy atom. The number of ether oxygens (including phenoxy) is 1. The van der Waals surface area contributed by atoms with Crippen LogP contribution < -0.4 is 5.32 Å². The Labute approximate surface area is 186 Å². The van der Waals surface area contributed by atoms with E-state index < -0.39 is 0 Å². The first-order chi connectivity index (χ1) is 15.8.